The maximum Gasteiger partial charge on any atom is 0.325 e. The van der Waals surface area contributed by atoms with Crippen LogP contribution in [0.1, 0.15) is 20.7 Å². The van der Waals surface area contributed by atoms with Gasteiger partial charge < -0.3 is 20.7 Å². The van der Waals surface area contributed by atoms with E-state index in [1.165, 1.54) is 43.5 Å². The van der Waals surface area contributed by atoms with Crippen LogP contribution < -0.4 is 16.0 Å². The second-order valence-electron chi connectivity index (χ2n) is 5.81. The summed E-state index contributed by atoms with van der Waals surface area (Å²) in [5.41, 5.74) is -0.314. The molecule has 30 heavy (non-hydrogen) atoms. The van der Waals surface area contributed by atoms with Crippen LogP contribution in [0.5, 0.6) is 0 Å². The molecule has 0 unspecified atom stereocenters. The zero-order valence-corrected chi connectivity index (χ0v) is 15.8. The molecule has 0 atom stereocenters. The number of amides is 3. The van der Waals surface area contributed by atoms with Gasteiger partial charge in [-0.2, -0.15) is 0 Å². The molecular weight excluding hydrogens is 396 g/mol. The van der Waals surface area contributed by atoms with Crippen molar-refractivity contribution in [2.45, 2.75) is 0 Å². The molecule has 0 radical (unpaired) electrons. The lowest BCUT2D eigenvalue weighted by Crippen LogP contribution is -2.34. The van der Waals surface area contributed by atoms with Gasteiger partial charge in [0.2, 0.25) is 5.91 Å². The highest BCUT2D eigenvalue weighted by Crippen LogP contribution is 2.17. The molecule has 0 heterocycles. The zero-order valence-electron chi connectivity index (χ0n) is 15.8. The molecule has 0 aliphatic carbocycles. The molecule has 0 fully saturated rings. The Hall–Kier alpha value is -4.28. The first kappa shape index (κ1) is 22.0. The van der Waals surface area contributed by atoms with Gasteiger partial charge in [0.05, 0.1) is 29.8 Å². The quantitative estimate of drug-likeness (QED) is 0.328. The third-order valence-electron chi connectivity index (χ3n) is 3.82. The number of carbonyl (C=O) groups is 4. The minimum absolute atomic E-state index is 0.0970. The first-order valence-corrected chi connectivity index (χ1v) is 8.59. The van der Waals surface area contributed by atoms with Crippen molar-refractivity contribution in [1.29, 1.82) is 0 Å². The number of hydrogen-bond donors (Lipinski definition) is 3. The average molecular weight is 414 g/mol. The minimum atomic E-state index is -0.790. The number of nitrogens with zero attached hydrogens (tertiary/aromatic N) is 1. The molecule has 2 aromatic carbocycles. The van der Waals surface area contributed by atoms with Crippen molar-refractivity contribution in [3.8, 4) is 0 Å². The van der Waals surface area contributed by atoms with Crippen molar-refractivity contribution < 1.29 is 28.8 Å². The van der Waals surface area contributed by atoms with E-state index in [1.54, 1.807) is 12.1 Å². The van der Waals surface area contributed by atoms with Gasteiger partial charge in [0.25, 0.3) is 17.5 Å². The van der Waals surface area contributed by atoms with Crippen LogP contribution >= 0.6 is 0 Å². The number of nitrogens with one attached hydrogen (secondary N) is 3. The third-order valence-corrected chi connectivity index (χ3v) is 3.82. The smallest absolute Gasteiger partial charge is 0.325 e. The van der Waals surface area contributed by atoms with Gasteiger partial charge in [0, 0.05) is 6.07 Å². The lowest BCUT2D eigenvalue weighted by molar-refractivity contribution is -0.385. The standard InChI is InChI=1S/C19H18N4O7/c1-30-17(25)11-21-18(26)12-6-2-4-8-14(12)22-16(24)10-20-19(27)13-7-3-5-9-15(13)23(28)29/h2-9H,10-11H2,1H3,(H,20,27)(H,21,26)(H,22,24). The molecule has 0 bridgehead atoms. The van der Waals surface area contributed by atoms with Gasteiger partial charge in [-0.3, -0.25) is 29.3 Å². The van der Waals surface area contributed by atoms with Crippen LogP contribution in [-0.4, -0.2) is 48.8 Å². The zero-order chi connectivity index (χ0) is 22.1. The SMILES string of the molecule is COC(=O)CNC(=O)c1ccccc1NC(=O)CNC(=O)c1ccccc1[N+](=O)[O-]. The normalized spacial score (nSPS) is 9.90. The number of nitro benzene ring substituents is 1. The Bertz CT molecular complexity index is 990. The average Bonchev–Trinajstić information content (AvgIpc) is 2.75. The number of rotatable bonds is 8. The van der Waals surface area contributed by atoms with E-state index in [2.05, 4.69) is 20.7 Å². The summed E-state index contributed by atoms with van der Waals surface area (Å²) in [5.74, 6) is -2.69. The molecular formula is C19H18N4O7. The van der Waals surface area contributed by atoms with Crippen LogP contribution in [0, 0.1) is 10.1 Å². The Kier molecular flexibility index (Phi) is 7.57. The Morgan fingerprint density at radius 2 is 1.47 bits per heavy atom. The maximum absolute atomic E-state index is 12.2. The van der Waals surface area contributed by atoms with Crippen LogP contribution in [0.4, 0.5) is 11.4 Å². The van der Waals surface area contributed by atoms with Gasteiger partial charge in [0.1, 0.15) is 12.1 Å². The molecule has 0 aliphatic rings. The van der Waals surface area contributed by atoms with Gasteiger partial charge in [0.15, 0.2) is 0 Å². The van der Waals surface area contributed by atoms with Gasteiger partial charge in [-0.25, -0.2) is 0 Å². The predicted octanol–water partition coefficient (Wildman–Crippen LogP) is 0.866. The number of hydrogen-bond acceptors (Lipinski definition) is 7. The van der Waals surface area contributed by atoms with Crippen molar-refractivity contribution in [1.82, 2.24) is 10.6 Å². The predicted molar refractivity (Wildman–Crippen MR) is 105 cm³/mol. The van der Waals surface area contributed by atoms with E-state index in [0.717, 1.165) is 0 Å². The molecule has 0 aromatic heterocycles. The summed E-state index contributed by atoms with van der Waals surface area (Å²) in [5, 5.41) is 18.1. The summed E-state index contributed by atoms with van der Waals surface area (Å²) in [6.45, 7) is -0.827. The van der Waals surface area contributed by atoms with Crippen LogP contribution in [0.3, 0.4) is 0 Å². The van der Waals surface area contributed by atoms with Gasteiger partial charge in [-0.15, -0.1) is 0 Å². The van der Waals surface area contributed by atoms with Crippen LogP contribution in [0.2, 0.25) is 0 Å². The Morgan fingerprint density at radius 3 is 2.13 bits per heavy atom. The molecule has 11 nitrogen and oxygen atoms in total. The molecule has 156 valence electrons. The number of carbonyl (C=O) groups excluding carboxylic acids is 4. The summed E-state index contributed by atoms with van der Waals surface area (Å²) < 4.78 is 4.44. The Morgan fingerprint density at radius 1 is 0.900 bits per heavy atom. The van der Waals surface area contributed by atoms with E-state index in [4.69, 9.17) is 0 Å². The molecule has 3 amide bonds. The second-order valence-corrected chi connectivity index (χ2v) is 5.81. The molecule has 2 rings (SSSR count). The fourth-order valence-electron chi connectivity index (χ4n) is 2.38. The van der Waals surface area contributed by atoms with Crippen molar-refractivity contribution in [3.05, 3.63) is 69.8 Å². The summed E-state index contributed by atoms with van der Waals surface area (Å²) in [6, 6.07) is 11.4. The molecule has 0 saturated carbocycles. The summed E-state index contributed by atoms with van der Waals surface area (Å²) in [7, 11) is 1.18. The highest BCUT2D eigenvalue weighted by molar-refractivity contribution is 6.06. The number of esters is 1. The van der Waals surface area contributed by atoms with Crippen molar-refractivity contribution in [2.24, 2.45) is 0 Å². The van der Waals surface area contributed by atoms with Crippen molar-refractivity contribution >= 4 is 35.1 Å². The largest absolute Gasteiger partial charge is 0.468 e. The number of anilines is 1. The highest BCUT2D eigenvalue weighted by atomic mass is 16.6. The monoisotopic (exact) mass is 414 g/mol. The van der Waals surface area contributed by atoms with E-state index >= 15 is 0 Å². The van der Waals surface area contributed by atoms with Crippen LogP contribution in [0.15, 0.2) is 48.5 Å². The number of benzene rings is 2. The van der Waals surface area contributed by atoms with E-state index in [0.29, 0.717) is 0 Å². The first-order chi connectivity index (χ1) is 14.3. The Labute approximate surface area is 170 Å². The van der Waals surface area contributed by atoms with E-state index in [-0.39, 0.29) is 29.0 Å². The molecule has 11 heteroatoms. The topological polar surface area (TPSA) is 157 Å². The third kappa shape index (κ3) is 5.86. The Balaban J connectivity index is 2.00. The number of methoxy groups -OCH3 is 1. The summed E-state index contributed by atoms with van der Waals surface area (Å²) >= 11 is 0. The molecule has 0 aliphatic heterocycles. The fraction of sp³-hybridized carbons (Fsp3) is 0.158. The number of nitro groups is 1. The van der Waals surface area contributed by atoms with Crippen molar-refractivity contribution in [2.75, 3.05) is 25.5 Å². The molecule has 2 aromatic rings. The van der Waals surface area contributed by atoms with Gasteiger partial charge in [-0.1, -0.05) is 24.3 Å². The van der Waals surface area contributed by atoms with Gasteiger partial charge in [-0.05, 0) is 18.2 Å². The lowest BCUT2D eigenvalue weighted by Gasteiger charge is -2.11. The summed E-state index contributed by atoms with van der Waals surface area (Å²) in [4.78, 5) is 58.0. The number of ether oxygens (including phenoxy) is 1. The van der Waals surface area contributed by atoms with Crippen molar-refractivity contribution in [3.63, 3.8) is 0 Å². The minimum Gasteiger partial charge on any atom is -0.468 e. The number of para-hydroxylation sites is 2. The maximum atomic E-state index is 12.2. The van der Waals surface area contributed by atoms with E-state index in [1.807, 2.05) is 0 Å². The highest BCUT2D eigenvalue weighted by Gasteiger charge is 2.20. The lowest BCUT2D eigenvalue weighted by atomic mass is 10.1. The van der Waals surface area contributed by atoms with Crippen LogP contribution in [0.25, 0.3) is 0 Å². The molecule has 0 spiro atoms. The first-order valence-electron chi connectivity index (χ1n) is 8.59. The molecule has 0 saturated heterocycles. The van der Waals surface area contributed by atoms with E-state index < -0.39 is 35.2 Å². The second kappa shape index (κ2) is 10.3. The fourth-order valence-corrected chi connectivity index (χ4v) is 2.38. The summed E-state index contributed by atoms with van der Waals surface area (Å²) in [6.07, 6.45) is 0. The van der Waals surface area contributed by atoms with Gasteiger partial charge >= 0.3 is 5.97 Å². The van der Waals surface area contributed by atoms with E-state index in [9.17, 15) is 29.3 Å². The molecule has 3 N–H and O–H groups in total. The van der Waals surface area contributed by atoms with Crippen LogP contribution in [-0.2, 0) is 14.3 Å².